The van der Waals surface area contributed by atoms with Gasteiger partial charge in [-0.25, -0.2) is 4.99 Å². The Balaban J connectivity index is 0.00000576. The first-order valence-electron chi connectivity index (χ1n) is 8.98. The lowest BCUT2D eigenvalue weighted by Crippen LogP contribution is -2.47. The van der Waals surface area contributed by atoms with Crippen molar-refractivity contribution >= 4 is 46.6 Å². The third-order valence-electron chi connectivity index (χ3n) is 3.86. The molecule has 1 fully saturated rings. The van der Waals surface area contributed by atoms with Crippen LogP contribution in [-0.4, -0.2) is 51.7 Å². The Labute approximate surface area is 172 Å². The molecule has 6 nitrogen and oxygen atoms in total. The Kier molecular flexibility index (Phi) is 11.9. The lowest BCUT2D eigenvalue weighted by atomic mass is 9.95. The molecule has 3 atom stereocenters. The van der Waals surface area contributed by atoms with E-state index in [1.165, 1.54) is 0 Å². The minimum Gasteiger partial charge on any atom is -0.357 e. The summed E-state index contributed by atoms with van der Waals surface area (Å²) in [4.78, 5) is 16.3. The number of hydrogen-bond donors (Lipinski definition) is 3. The first kappa shape index (κ1) is 24.6. The van der Waals surface area contributed by atoms with Crippen LogP contribution in [0.2, 0.25) is 0 Å². The van der Waals surface area contributed by atoms with Crippen LogP contribution in [0.5, 0.6) is 0 Å². The maximum Gasteiger partial charge on any atom is 0.242 e. The molecule has 0 aliphatic heterocycles. The molecule has 1 aliphatic carbocycles. The minimum atomic E-state index is -0.740. The molecule has 3 N–H and O–H groups in total. The first-order valence-corrected chi connectivity index (χ1v) is 10.4. The molecule has 0 saturated heterocycles. The average Bonchev–Trinajstić information content (AvgIpc) is 2.50. The molecule has 1 saturated carbocycles. The van der Waals surface area contributed by atoms with E-state index in [1.807, 2.05) is 34.6 Å². The van der Waals surface area contributed by atoms with Gasteiger partial charge in [-0.15, -0.1) is 24.0 Å². The van der Waals surface area contributed by atoms with Gasteiger partial charge in [-0.1, -0.05) is 13.3 Å². The monoisotopic (exact) mass is 486 g/mol. The van der Waals surface area contributed by atoms with Gasteiger partial charge >= 0.3 is 0 Å². The van der Waals surface area contributed by atoms with Gasteiger partial charge in [-0.3, -0.25) is 9.00 Å². The van der Waals surface area contributed by atoms with Gasteiger partial charge in [0.2, 0.25) is 5.91 Å². The van der Waals surface area contributed by atoms with Gasteiger partial charge in [0, 0.05) is 39.9 Å². The van der Waals surface area contributed by atoms with Gasteiger partial charge in [0.05, 0.1) is 0 Å². The molecule has 0 radical (unpaired) electrons. The Morgan fingerprint density at radius 2 is 1.92 bits per heavy atom. The highest BCUT2D eigenvalue weighted by Crippen LogP contribution is 2.22. The zero-order valence-electron chi connectivity index (χ0n) is 16.2. The van der Waals surface area contributed by atoms with E-state index in [2.05, 4.69) is 20.9 Å². The number of guanidine groups is 1. The smallest absolute Gasteiger partial charge is 0.242 e. The Hall–Kier alpha value is -0.380. The van der Waals surface area contributed by atoms with Crippen LogP contribution in [0.1, 0.15) is 60.3 Å². The summed E-state index contributed by atoms with van der Waals surface area (Å²) in [7, 11) is -0.740. The van der Waals surface area contributed by atoms with Crippen molar-refractivity contribution in [1.82, 2.24) is 16.0 Å². The second-order valence-corrected chi connectivity index (χ2v) is 9.30. The van der Waals surface area contributed by atoms with E-state index in [9.17, 15) is 9.00 Å². The summed E-state index contributed by atoms with van der Waals surface area (Å²) in [6, 6.07) is 0.266. The highest BCUT2D eigenvalue weighted by atomic mass is 127. The van der Waals surface area contributed by atoms with E-state index < -0.39 is 10.8 Å². The van der Waals surface area contributed by atoms with Crippen molar-refractivity contribution in [2.75, 3.05) is 18.8 Å². The van der Waals surface area contributed by atoms with Crippen LogP contribution in [0, 0.1) is 0 Å². The van der Waals surface area contributed by atoms with Crippen molar-refractivity contribution in [1.29, 1.82) is 0 Å². The lowest BCUT2D eigenvalue weighted by Gasteiger charge is -2.30. The molecule has 1 aliphatic rings. The van der Waals surface area contributed by atoms with Gasteiger partial charge in [-0.2, -0.15) is 0 Å². The molecule has 1 rings (SSSR count). The summed E-state index contributed by atoms with van der Waals surface area (Å²) < 4.78 is 12.1. The van der Waals surface area contributed by atoms with Crippen LogP contribution in [0.15, 0.2) is 4.99 Å². The number of nitrogens with one attached hydrogen (secondary N) is 3. The molecule has 148 valence electrons. The number of amides is 1. The molecular formula is C17H35IN4O2S. The fourth-order valence-electron chi connectivity index (χ4n) is 2.87. The normalized spacial score (nSPS) is 22.5. The third kappa shape index (κ3) is 10.4. The average molecular weight is 486 g/mol. The molecule has 0 heterocycles. The second kappa shape index (κ2) is 12.1. The van der Waals surface area contributed by atoms with Crippen molar-refractivity contribution in [3.63, 3.8) is 0 Å². The van der Waals surface area contributed by atoms with Crippen molar-refractivity contribution in [2.45, 2.75) is 77.1 Å². The van der Waals surface area contributed by atoms with Crippen molar-refractivity contribution in [3.05, 3.63) is 0 Å². The van der Waals surface area contributed by atoms with Crippen LogP contribution in [0.4, 0.5) is 0 Å². The summed E-state index contributed by atoms with van der Waals surface area (Å²) in [5.41, 5.74) is -0.251. The van der Waals surface area contributed by atoms with E-state index >= 15 is 0 Å². The summed E-state index contributed by atoms with van der Waals surface area (Å²) in [6.07, 6.45) is 4.08. The zero-order valence-corrected chi connectivity index (χ0v) is 19.3. The predicted molar refractivity (Wildman–Crippen MR) is 117 cm³/mol. The fourth-order valence-corrected chi connectivity index (χ4v) is 4.22. The van der Waals surface area contributed by atoms with Gasteiger partial charge in [0.1, 0.15) is 6.54 Å². The number of aliphatic imine (C=N–C) groups is 1. The van der Waals surface area contributed by atoms with E-state index in [0.29, 0.717) is 5.96 Å². The first-order chi connectivity index (χ1) is 11.2. The van der Waals surface area contributed by atoms with Crippen LogP contribution in [0.25, 0.3) is 0 Å². The topological polar surface area (TPSA) is 82.6 Å². The molecule has 0 aromatic heterocycles. The molecule has 0 aromatic rings. The Bertz CT molecular complexity index is 466. The van der Waals surface area contributed by atoms with Gasteiger partial charge in [-0.05, 0) is 47.0 Å². The largest absolute Gasteiger partial charge is 0.357 e. The van der Waals surface area contributed by atoms with E-state index in [4.69, 9.17) is 0 Å². The molecule has 25 heavy (non-hydrogen) atoms. The summed E-state index contributed by atoms with van der Waals surface area (Å²) in [6.45, 7) is 10.7. The number of hydrogen-bond acceptors (Lipinski definition) is 3. The number of rotatable bonds is 6. The third-order valence-corrected chi connectivity index (χ3v) is 5.60. The Morgan fingerprint density at radius 3 is 2.48 bits per heavy atom. The van der Waals surface area contributed by atoms with Crippen molar-refractivity contribution in [3.8, 4) is 0 Å². The fraction of sp³-hybridized carbons (Fsp3) is 0.882. The minimum absolute atomic E-state index is 0. The highest BCUT2D eigenvalue weighted by molar-refractivity contribution is 14.0. The predicted octanol–water partition coefficient (Wildman–Crippen LogP) is 2.15. The number of nitrogens with zero attached hydrogens (tertiary/aromatic N) is 1. The van der Waals surface area contributed by atoms with Crippen LogP contribution in [-0.2, 0) is 15.6 Å². The standard InChI is InChI=1S/C17H34N4O2S.HI/c1-6-18-16(19-12-15(22)21-17(3,4)5)20-13-9-8-10-14(11-13)24(23)7-2;/h13-14H,6-12H2,1-5H3,(H,21,22)(H2,18,19,20);1H. The molecule has 0 bridgehead atoms. The van der Waals surface area contributed by atoms with Gasteiger partial charge in [0.15, 0.2) is 5.96 Å². The molecule has 0 spiro atoms. The van der Waals surface area contributed by atoms with E-state index in [-0.39, 0.29) is 53.3 Å². The zero-order chi connectivity index (χ0) is 18.2. The summed E-state index contributed by atoms with van der Waals surface area (Å²) in [5, 5.41) is 9.78. The quantitative estimate of drug-likeness (QED) is 0.305. The number of carbonyl (C=O) groups excluding carboxylic acids is 1. The maximum atomic E-state index is 12.1. The molecule has 0 aromatic carbocycles. The van der Waals surface area contributed by atoms with Crippen molar-refractivity contribution in [2.24, 2.45) is 4.99 Å². The summed E-state index contributed by atoms with van der Waals surface area (Å²) in [5.74, 6) is 1.29. The SMILES string of the molecule is CCNC(=NCC(=O)NC(C)(C)C)NC1CCCC(S(=O)CC)C1.I. The molecule has 8 heteroatoms. The second-order valence-electron chi connectivity index (χ2n) is 7.29. The van der Waals surface area contributed by atoms with Crippen LogP contribution in [0.3, 0.4) is 0 Å². The maximum absolute atomic E-state index is 12.1. The van der Waals surface area contributed by atoms with Gasteiger partial charge < -0.3 is 16.0 Å². The summed E-state index contributed by atoms with van der Waals surface area (Å²) >= 11 is 0. The highest BCUT2D eigenvalue weighted by Gasteiger charge is 2.26. The van der Waals surface area contributed by atoms with Crippen molar-refractivity contribution < 1.29 is 9.00 Å². The van der Waals surface area contributed by atoms with E-state index in [0.717, 1.165) is 38.0 Å². The van der Waals surface area contributed by atoms with E-state index in [1.54, 1.807) is 0 Å². The number of carbonyl (C=O) groups is 1. The molecule has 1 amide bonds. The molecule has 3 unspecified atom stereocenters. The van der Waals surface area contributed by atoms with Crippen LogP contribution >= 0.6 is 24.0 Å². The number of halogens is 1. The Morgan fingerprint density at radius 1 is 1.24 bits per heavy atom. The molecular weight excluding hydrogens is 451 g/mol. The van der Waals surface area contributed by atoms with Gasteiger partial charge in [0.25, 0.3) is 0 Å². The van der Waals surface area contributed by atoms with Crippen LogP contribution < -0.4 is 16.0 Å². The lowest BCUT2D eigenvalue weighted by molar-refractivity contribution is -0.121.